The first-order chi connectivity index (χ1) is 6.72. The summed E-state index contributed by atoms with van der Waals surface area (Å²) >= 11 is 0. The molecule has 0 saturated carbocycles. The summed E-state index contributed by atoms with van der Waals surface area (Å²) < 4.78 is 15.4. The first-order valence-corrected chi connectivity index (χ1v) is 4.59. The maximum absolute atomic E-state index is 11.1. The number of hydrogen-bond donors (Lipinski definition) is 0. The summed E-state index contributed by atoms with van der Waals surface area (Å²) in [6.45, 7) is 3.62. The minimum absolute atomic E-state index is 0.0319. The third-order valence-corrected chi connectivity index (χ3v) is 2.38. The Bertz CT molecular complexity index is 210. The molecule has 80 valence electrons. The van der Waals surface area contributed by atoms with Gasteiger partial charge in [-0.25, -0.2) is 0 Å². The third-order valence-electron chi connectivity index (χ3n) is 2.38. The quantitative estimate of drug-likeness (QED) is 0.379. The van der Waals surface area contributed by atoms with Gasteiger partial charge in [0, 0.05) is 20.6 Å². The number of carbonyl (C=O) groups is 1. The van der Waals surface area contributed by atoms with E-state index >= 15 is 0 Å². The van der Waals surface area contributed by atoms with Gasteiger partial charge in [-0.2, -0.15) is 0 Å². The maximum Gasteiger partial charge on any atom is 0.306 e. The highest BCUT2D eigenvalue weighted by atomic mass is 16.7. The van der Waals surface area contributed by atoms with Gasteiger partial charge in [-0.3, -0.25) is 4.79 Å². The molecule has 1 rings (SSSR count). The highest BCUT2D eigenvalue weighted by molar-refractivity contribution is 5.72. The van der Waals surface area contributed by atoms with Crippen LogP contribution >= 0.6 is 0 Å². The zero-order valence-electron chi connectivity index (χ0n) is 8.56. The second-order valence-corrected chi connectivity index (χ2v) is 3.26. The van der Waals surface area contributed by atoms with E-state index in [4.69, 9.17) is 14.2 Å². The van der Waals surface area contributed by atoms with Crippen LogP contribution in [0, 0.1) is 5.92 Å². The molecule has 1 saturated heterocycles. The van der Waals surface area contributed by atoms with Gasteiger partial charge in [0.15, 0.2) is 6.29 Å². The van der Waals surface area contributed by atoms with Crippen molar-refractivity contribution in [3.63, 3.8) is 0 Å². The monoisotopic (exact) mass is 200 g/mol. The van der Waals surface area contributed by atoms with Crippen molar-refractivity contribution in [3.8, 4) is 0 Å². The lowest BCUT2D eigenvalue weighted by molar-refractivity contribution is -0.150. The predicted molar refractivity (Wildman–Crippen MR) is 50.6 cm³/mol. The van der Waals surface area contributed by atoms with Crippen molar-refractivity contribution in [1.82, 2.24) is 0 Å². The van der Waals surface area contributed by atoms with Crippen LogP contribution < -0.4 is 0 Å². The molecule has 0 radical (unpaired) electrons. The summed E-state index contributed by atoms with van der Waals surface area (Å²) in [7, 11) is 3.11. The van der Waals surface area contributed by atoms with E-state index in [2.05, 4.69) is 6.58 Å². The molecule has 0 unspecified atom stereocenters. The Balaban J connectivity index is 2.63. The maximum atomic E-state index is 11.1. The molecule has 1 aliphatic heterocycles. The summed E-state index contributed by atoms with van der Waals surface area (Å²) in [5, 5.41) is 0. The Kier molecular flexibility index (Phi) is 4.10. The number of esters is 1. The van der Waals surface area contributed by atoms with Gasteiger partial charge in [0.2, 0.25) is 0 Å². The Morgan fingerprint density at radius 3 is 2.79 bits per heavy atom. The molecule has 0 spiro atoms. The largest absolute Gasteiger partial charge is 0.462 e. The van der Waals surface area contributed by atoms with Gasteiger partial charge in [-0.1, -0.05) is 6.08 Å². The zero-order valence-corrected chi connectivity index (χ0v) is 8.56. The van der Waals surface area contributed by atoms with Crippen LogP contribution in [0.2, 0.25) is 0 Å². The Hall–Kier alpha value is -0.870. The van der Waals surface area contributed by atoms with Crippen molar-refractivity contribution in [1.29, 1.82) is 0 Å². The van der Waals surface area contributed by atoms with E-state index in [0.717, 1.165) is 0 Å². The van der Waals surface area contributed by atoms with Crippen LogP contribution in [0.1, 0.15) is 12.8 Å². The standard InChI is InChI=1S/C10H16O4/c1-4-5-8-7(6-9(11)14-8)10(12-2)13-3/h4,7-8,10H,1,5-6H2,2-3H3/t7-,8+/m1/s1. The molecule has 0 bridgehead atoms. The average Bonchev–Trinajstić information content (AvgIpc) is 2.50. The number of methoxy groups -OCH3 is 2. The average molecular weight is 200 g/mol. The van der Waals surface area contributed by atoms with Crippen LogP contribution in [-0.2, 0) is 19.0 Å². The van der Waals surface area contributed by atoms with Crippen molar-refractivity contribution in [2.45, 2.75) is 25.2 Å². The van der Waals surface area contributed by atoms with E-state index in [1.54, 1.807) is 20.3 Å². The van der Waals surface area contributed by atoms with Gasteiger partial charge in [0.1, 0.15) is 6.10 Å². The van der Waals surface area contributed by atoms with Crippen LogP contribution in [0.5, 0.6) is 0 Å². The summed E-state index contributed by atoms with van der Waals surface area (Å²) in [6.07, 6.45) is 2.18. The van der Waals surface area contributed by atoms with Crippen LogP contribution in [0.3, 0.4) is 0 Å². The van der Waals surface area contributed by atoms with Gasteiger partial charge >= 0.3 is 5.97 Å². The van der Waals surface area contributed by atoms with Crippen molar-refractivity contribution in [2.75, 3.05) is 14.2 Å². The normalized spacial score (nSPS) is 26.6. The molecule has 2 atom stereocenters. The molecule has 1 aliphatic rings. The van der Waals surface area contributed by atoms with Gasteiger partial charge in [0.05, 0.1) is 12.3 Å². The first-order valence-electron chi connectivity index (χ1n) is 4.59. The molecular formula is C10H16O4. The highest BCUT2D eigenvalue weighted by Crippen LogP contribution is 2.29. The molecule has 4 heteroatoms. The lowest BCUT2D eigenvalue weighted by Gasteiger charge is -2.23. The molecule has 0 aromatic heterocycles. The molecule has 0 aromatic rings. The van der Waals surface area contributed by atoms with Crippen molar-refractivity contribution >= 4 is 5.97 Å². The third kappa shape index (κ3) is 2.33. The predicted octanol–water partition coefficient (Wildman–Crippen LogP) is 1.11. The Morgan fingerprint density at radius 1 is 1.64 bits per heavy atom. The highest BCUT2D eigenvalue weighted by Gasteiger charge is 2.39. The lowest BCUT2D eigenvalue weighted by atomic mass is 9.98. The number of ether oxygens (including phenoxy) is 3. The second kappa shape index (κ2) is 5.12. The second-order valence-electron chi connectivity index (χ2n) is 3.26. The Labute approximate surface area is 83.8 Å². The topological polar surface area (TPSA) is 44.8 Å². The lowest BCUT2D eigenvalue weighted by Crippen LogP contribution is -2.31. The molecule has 0 aliphatic carbocycles. The summed E-state index contributed by atoms with van der Waals surface area (Å²) in [4.78, 5) is 11.1. The van der Waals surface area contributed by atoms with E-state index in [1.807, 2.05) is 0 Å². The van der Waals surface area contributed by atoms with E-state index < -0.39 is 0 Å². The van der Waals surface area contributed by atoms with Gasteiger partial charge in [-0.05, 0) is 0 Å². The van der Waals surface area contributed by atoms with Crippen LogP contribution in [0.15, 0.2) is 12.7 Å². The van der Waals surface area contributed by atoms with Gasteiger partial charge in [-0.15, -0.1) is 6.58 Å². The van der Waals surface area contributed by atoms with E-state index in [1.165, 1.54) is 0 Å². The van der Waals surface area contributed by atoms with Gasteiger partial charge in [0.25, 0.3) is 0 Å². The summed E-state index contributed by atoms with van der Waals surface area (Å²) in [6, 6.07) is 0. The smallest absolute Gasteiger partial charge is 0.306 e. The van der Waals surface area contributed by atoms with E-state index in [0.29, 0.717) is 12.8 Å². The molecule has 14 heavy (non-hydrogen) atoms. The van der Waals surface area contributed by atoms with E-state index in [9.17, 15) is 4.79 Å². The number of cyclic esters (lactones) is 1. The minimum atomic E-state index is -0.383. The first kappa shape index (κ1) is 11.2. The van der Waals surface area contributed by atoms with Crippen molar-refractivity contribution < 1.29 is 19.0 Å². The van der Waals surface area contributed by atoms with Crippen LogP contribution in [-0.4, -0.2) is 32.6 Å². The van der Waals surface area contributed by atoms with E-state index in [-0.39, 0.29) is 24.3 Å². The van der Waals surface area contributed by atoms with Crippen molar-refractivity contribution in [3.05, 3.63) is 12.7 Å². The Morgan fingerprint density at radius 2 is 2.29 bits per heavy atom. The SMILES string of the molecule is C=CC[C@@H]1OC(=O)C[C@H]1C(OC)OC. The molecule has 1 fully saturated rings. The molecule has 4 nitrogen and oxygen atoms in total. The molecule has 0 N–H and O–H groups in total. The summed E-state index contributed by atoms with van der Waals surface area (Å²) in [5.41, 5.74) is 0. The fourth-order valence-corrected chi connectivity index (χ4v) is 1.73. The number of carbonyl (C=O) groups excluding carboxylic acids is 1. The zero-order chi connectivity index (χ0) is 10.6. The molecule has 0 amide bonds. The minimum Gasteiger partial charge on any atom is -0.462 e. The van der Waals surface area contributed by atoms with Gasteiger partial charge < -0.3 is 14.2 Å². The number of hydrogen-bond acceptors (Lipinski definition) is 4. The van der Waals surface area contributed by atoms with Crippen LogP contribution in [0.4, 0.5) is 0 Å². The fourth-order valence-electron chi connectivity index (χ4n) is 1.73. The fraction of sp³-hybridized carbons (Fsp3) is 0.700. The molecule has 1 heterocycles. The summed E-state index contributed by atoms with van der Waals surface area (Å²) in [5.74, 6) is -0.226. The molecular weight excluding hydrogens is 184 g/mol. The number of rotatable bonds is 5. The van der Waals surface area contributed by atoms with Crippen molar-refractivity contribution in [2.24, 2.45) is 5.92 Å². The molecule has 0 aromatic carbocycles. The van der Waals surface area contributed by atoms with Crippen LogP contribution in [0.25, 0.3) is 0 Å².